The van der Waals surface area contributed by atoms with E-state index in [0.717, 1.165) is 0 Å². The van der Waals surface area contributed by atoms with Crippen LogP contribution >= 0.6 is 0 Å². The largest absolute Gasteiger partial charge is 0.495 e. The molecule has 0 aromatic heterocycles. The highest BCUT2D eigenvalue weighted by Gasteiger charge is 2.74. The molecular weight excluding hydrogens is 396 g/mol. The molecule has 0 saturated carbocycles. The number of rotatable bonds is 7. The van der Waals surface area contributed by atoms with Gasteiger partial charge in [-0.15, -0.1) is 0 Å². The van der Waals surface area contributed by atoms with E-state index in [4.69, 9.17) is 9.29 Å². The summed E-state index contributed by atoms with van der Waals surface area (Å²) in [7, 11) is -6.94. The van der Waals surface area contributed by atoms with Gasteiger partial charge in [0.15, 0.2) is 0 Å². The summed E-state index contributed by atoms with van der Waals surface area (Å²) in [5.41, 5.74) is 0. The van der Waals surface area contributed by atoms with Crippen molar-refractivity contribution in [3.05, 3.63) is 12.3 Å². The van der Waals surface area contributed by atoms with E-state index in [1.165, 1.54) is 6.92 Å². The molecule has 2 unspecified atom stereocenters. The second kappa shape index (κ2) is 6.23. The molecular formula is C11H12F8O5S. The van der Waals surface area contributed by atoms with E-state index in [1.807, 2.05) is 0 Å². The zero-order valence-electron chi connectivity index (χ0n) is 12.3. The summed E-state index contributed by atoms with van der Waals surface area (Å²) in [4.78, 5) is 0. The van der Waals surface area contributed by atoms with E-state index in [9.17, 15) is 43.5 Å². The van der Waals surface area contributed by atoms with Crippen molar-refractivity contribution in [3.8, 4) is 0 Å². The quantitative estimate of drug-likeness (QED) is 0.515. The van der Waals surface area contributed by atoms with Gasteiger partial charge in [-0.05, 0) is 6.42 Å². The molecule has 14 heteroatoms. The van der Waals surface area contributed by atoms with E-state index in [2.05, 4.69) is 11.3 Å². The Morgan fingerprint density at radius 2 is 1.64 bits per heavy atom. The van der Waals surface area contributed by atoms with Gasteiger partial charge < -0.3 is 4.74 Å². The number of alkyl halides is 8. The summed E-state index contributed by atoms with van der Waals surface area (Å²) in [5, 5.41) is -6.59. The zero-order chi connectivity index (χ0) is 20.1. The molecule has 1 rings (SSSR count). The van der Waals surface area contributed by atoms with E-state index >= 15 is 0 Å². The van der Waals surface area contributed by atoms with Crippen LogP contribution in [0.2, 0.25) is 0 Å². The monoisotopic (exact) mass is 408 g/mol. The Hall–Kier alpha value is -1.15. The molecule has 1 aliphatic heterocycles. The number of allylic oxidation sites excluding steroid dienone is 1. The molecule has 148 valence electrons. The Kier molecular flexibility index (Phi) is 5.45. The maximum atomic E-state index is 13.5. The number of hydrogen-bond donors (Lipinski definition) is 1. The van der Waals surface area contributed by atoms with Gasteiger partial charge >= 0.3 is 33.5 Å². The van der Waals surface area contributed by atoms with Gasteiger partial charge in [-0.2, -0.15) is 43.5 Å². The lowest BCUT2D eigenvalue weighted by Gasteiger charge is -2.32. The van der Waals surface area contributed by atoms with Crippen molar-refractivity contribution in [2.45, 2.75) is 49.3 Å². The third-order valence-corrected chi connectivity index (χ3v) is 4.20. The van der Waals surface area contributed by atoms with Crippen LogP contribution in [-0.2, 0) is 19.6 Å². The van der Waals surface area contributed by atoms with Crippen molar-refractivity contribution in [3.63, 3.8) is 0 Å². The van der Waals surface area contributed by atoms with Crippen molar-refractivity contribution in [1.82, 2.24) is 0 Å². The zero-order valence-corrected chi connectivity index (χ0v) is 13.1. The SMILES string of the molecule is C=C1OC(CC(F)(F)C(F)(F)OC(F)(F)C(F)(F)S(=O)(=O)O)CC1C. The molecule has 1 heterocycles. The molecule has 1 saturated heterocycles. The molecule has 0 amide bonds. The molecule has 25 heavy (non-hydrogen) atoms. The Morgan fingerprint density at radius 3 is 2.00 bits per heavy atom. The summed E-state index contributed by atoms with van der Waals surface area (Å²) >= 11 is 0. The average Bonchev–Trinajstić information content (AvgIpc) is 2.63. The summed E-state index contributed by atoms with van der Waals surface area (Å²) in [5.74, 6) is -5.95. The van der Waals surface area contributed by atoms with Gasteiger partial charge in [0.25, 0.3) is 0 Å². The molecule has 1 N–H and O–H groups in total. The van der Waals surface area contributed by atoms with Crippen LogP contribution in [-0.4, -0.2) is 42.5 Å². The maximum absolute atomic E-state index is 13.5. The van der Waals surface area contributed by atoms with Crippen molar-refractivity contribution < 1.29 is 57.6 Å². The van der Waals surface area contributed by atoms with Crippen LogP contribution in [0.4, 0.5) is 35.1 Å². The van der Waals surface area contributed by atoms with Crippen molar-refractivity contribution in [1.29, 1.82) is 0 Å². The molecule has 0 spiro atoms. The van der Waals surface area contributed by atoms with E-state index in [1.54, 1.807) is 0 Å². The lowest BCUT2D eigenvalue weighted by molar-refractivity contribution is -0.457. The summed E-state index contributed by atoms with van der Waals surface area (Å²) < 4.78 is 141. The first-order valence-corrected chi connectivity index (χ1v) is 7.82. The smallest absolute Gasteiger partial charge is 0.460 e. The second-order valence-corrected chi connectivity index (χ2v) is 6.84. The Morgan fingerprint density at radius 1 is 1.16 bits per heavy atom. The van der Waals surface area contributed by atoms with Crippen LogP contribution in [0.25, 0.3) is 0 Å². The first-order valence-electron chi connectivity index (χ1n) is 6.38. The molecule has 0 aromatic rings. The van der Waals surface area contributed by atoms with E-state index in [-0.39, 0.29) is 12.2 Å². The third kappa shape index (κ3) is 4.16. The Balaban J connectivity index is 3.00. The van der Waals surface area contributed by atoms with Crippen LogP contribution in [0, 0.1) is 5.92 Å². The fourth-order valence-corrected chi connectivity index (χ4v) is 2.22. The number of ether oxygens (including phenoxy) is 2. The van der Waals surface area contributed by atoms with Crippen LogP contribution in [0.3, 0.4) is 0 Å². The van der Waals surface area contributed by atoms with Gasteiger partial charge in [-0.3, -0.25) is 4.55 Å². The number of hydrogen-bond acceptors (Lipinski definition) is 4. The molecule has 1 fully saturated rings. The topological polar surface area (TPSA) is 72.8 Å². The first kappa shape index (κ1) is 21.9. The highest BCUT2D eigenvalue weighted by Crippen LogP contribution is 2.49. The van der Waals surface area contributed by atoms with Crippen molar-refractivity contribution >= 4 is 10.1 Å². The van der Waals surface area contributed by atoms with Gasteiger partial charge in [-0.1, -0.05) is 13.5 Å². The lowest BCUT2D eigenvalue weighted by atomic mass is 10.0. The second-order valence-electron chi connectivity index (χ2n) is 5.38. The van der Waals surface area contributed by atoms with E-state index in [0.29, 0.717) is 0 Å². The molecule has 0 aromatic carbocycles. The molecule has 5 nitrogen and oxygen atoms in total. The van der Waals surface area contributed by atoms with E-state index < -0.39 is 52.0 Å². The highest BCUT2D eigenvalue weighted by molar-refractivity contribution is 7.86. The van der Waals surface area contributed by atoms with Crippen LogP contribution < -0.4 is 0 Å². The first-order chi connectivity index (χ1) is 10.8. The fourth-order valence-electron chi connectivity index (χ4n) is 1.88. The molecule has 0 radical (unpaired) electrons. The minimum absolute atomic E-state index is 0.0201. The standard InChI is InChI=1S/C11H12F8O5S/c1-5-3-7(23-6(5)2)4-8(12,13)9(14,15)24-10(16,17)11(18,19)25(20,21)22/h5,7H,2-4H2,1H3,(H,20,21,22). The summed E-state index contributed by atoms with van der Waals surface area (Å²) in [6, 6.07) is 0. The molecule has 0 aliphatic carbocycles. The predicted octanol–water partition coefficient (Wildman–Crippen LogP) is 3.63. The fraction of sp³-hybridized carbons (Fsp3) is 0.818. The minimum Gasteiger partial charge on any atom is -0.495 e. The third-order valence-electron chi connectivity index (χ3n) is 3.31. The number of halogens is 8. The predicted molar refractivity (Wildman–Crippen MR) is 64.8 cm³/mol. The molecule has 1 aliphatic rings. The summed E-state index contributed by atoms with van der Waals surface area (Å²) in [6.45, 7) is 4.75. The van der Waals surface area contributed by atoms with Gasteiger partial charge in [0.05, 0.1) is 12.2 Å². The minimum atomic E-state index is -6.94. The molecule has 2 atom stereocenters. The summed E-state index contributed by atoms with van der Waals surface area (Å²) in [6.07, 6.45) is -16.6. The normalized spacial score (nSPS) is 23.7. The van der Waals surface area contributed by atoms with Gasteiger partial charge in [0.2, 0.25) is 0 Å². The van der Waals surface area contributed by atoms with Crippen LogP contribution in [0.15, 0.2) is 12.3 Å². The van der Waals surface area contributed by atoms with Gasteiger partial charge in [-0.25, -0.2) is 4.74 Å². The lowest BCUT2D eigenvalue weighted by Crippen LogP contribution is -2.56. The van der Waals surface area contributed by atoms with Gasteiger partial charge in [0, 0.05) is 5.92 Å². The Labute approximate surface area is 136 Å². The van der Waals surface area contributed by atoms with Gasteiger partial charge in [0.1, 0.15) is 6.10 Å². The van der Waals surface area contributed by atoms with Crippen LogP contribution in [0.5, 0.6) is 0 Å². The van der Waals surface area contributed by atoms with Crippen molar-refractivity contribution in [2.24, 2.45) is 5.92 Å². The van der Waals surface area contributed by atoms with Crippen molar-refractivity contribution in [2.75, 3.05) is 0 Å². The molecule has 0 bridgehead atoms. The Bertz CT molecular complexity index is 632. The average molecular weight is 408 g/mol. The van der Waals surface area contributed by atoms with Crippen LogP contribution in [0.1, 0.15) is 19.8 Å². The highest BCUT2D eigenvalue weighted by atomic mass is 32.2. The maximum Gasteiger partial charge on any atom is 0.460 e.